The first-order valence-electron chi connectivity index (χ1n) is 8.78. The number of hydrogen-bond donors (Lipinski definition) is 1. The zero-order chi connectivity index (χ0) is 20.3. The van der Waals surface area contributed by atoms with E-state index in [4.69, 9.17) is 14.2 Å². The number of unbranched alkanes of at least 4 members (excludes halogenated alkanes) is 1. The van der Waals surface area contributed by atoms with Crippen LogP contribution >= 0.6 is 0 Å². The summed E-state index contributed by atoms with van der Waals surface area (Å²) in [6.45, 7) is 8.65. The largest absolute Gasteiger partial charge is 0.468 e. The average Bonchev–Trinajstić information content (AvgIpc) is 2.52. The number of carbonyl (C=O) groups excluding carboxylic acids is 4. The third kappa shape index (κ3) is 10.0. The van der Waals surface area contributed by atoms with E-state index in [1.807, 2.05) is 0 Å². The van der Waals surface area contributed by atoms with Crippen molar-refractivity contribution in [3.8, 4) is 0 Å². The lowest BCUT2D eigenvalue weighted by Gasteiger charge is -2.23. The number of carbonyl (C=O) groups is 4. The lowest BCUT2D eigenvalue weighted by molar-refractivity contribution is -0.150. The Morgan fingerprint density at radius 2 is 1.69 bits per heavy atom. The Morgan fingerprint density at radius 1 is 1.08 bits per heavy atom. The van der Waals surface area contributed by atoms with Crippen molar-refractivity contribution < 1.29 is 33.4 Å². The number of alkyl carbamates (subject to hydrolysis) is 1. The van der Waals surface area contributed by atoms with Crippen LogP contribution in [0.15, 0.2) is 0 Å². The van der Waals surface area contributed by atoms with Gasteiger partial charge in [-0.05, 0) is 47.5 Å². The zero-order valence-electron chi connectivity index (χ0n) is 16.5. The van der Waals surface area contributed by atoms with Gasteiger partial charge in [0.05, 0.1) is 19.8 Å². The summed E-state index contributed by atoms with van der Waals surface area (Å²) in [4.78, 5) is 47.5. The highest BCUT2D eigenvalue weighted by Gasteiger charge is 2.32. The number of ether oxygens (including phenoxy) is 3. The van der Waals surface area contributed by atoms with Gasteiger partial charge in [-0.1, -0.05) is 6.42 Å². The number of methoxy groups -OCH3 is 1. The molecule has 0 radical (unpaired) electrons. The smallest absolute Gasteiger partial charge is 0.408 e. The van der Waals surface area contributed by atoms with Crippen LogP contribution in [-0.2, 0) is 28.6 Å². The van der Waals surface area contributed by atoms with Crippen LogP contribution in [0.25, 0.3) is 0 Å². The summed E-state index contributed by atoms with van der Waals surface area (Å²) in [7, 11) is 1.20. The molecule has 26 heavy (non-hydrogen) atoms. The van der Waals surface area contributed by atoms with Crippen molar-refractivity contribution in [1.82, 2.24) is 5.32 Å². The monoisotopic (exact) mass is 373 g/mol. The van der Waals surface area contributed by atoms with E-state index in [2.05, 4.69) is 5.32 Å². The van der Waals surface area contributed by atoms with Crippen LogP contribution in [0.1, 0.15) is 60.3 Å². The molecule has 2 atom stereocenters. The lowest BCUT2D eigenvalue weighted by Crippen LogP contribution is -2.45. The Kier molecular flexibility index (Phi) is 10.6. The van der Waals surface area contributed by atoms with Crippen LogP contribution < -0.4 is 5.32 Å². The van der Waals surface area contributed by atoms with E-state index in [0.29, 0.717) is 19.4 Å². The Hall–Kier alpha value is -2.12. The van der Waals surface area contributed by atoms with Crippen LogP contribution in [-0.4, -0.2) is 49.2 Å². The van der Waals surface area contributed by atoms with E-state index in [1.54, 1.807) is 27.7 Å². The molecule has 0 aliphatic heterocycles. The minimum Gasteiger partial charge on any atom is -0.468 e. The first-order chi connectivity index (χ1) is 12.0. The molecule has 8 nitrogen and oxygen atoms in total. The number of esters is 2. The third-order valence-corrected chi connectivity index (χ3v) is 3.42. The van der Waals surface area contributed by atoms with E-state index in [0.717, 1.165) is 0 Å². The molecule has 0 saturated heterocycles. The van der Waals surface area contributed by atoms with Gasteiger partial charge in [0.2, 0.25) is 0 Å². The first kappa shape index (κ1) is 23.9. The highest BCUT2D eigenvalue weighted by molar-refractivity contribution is 6.02. The van der Waals surface area contributed by atoms with Gasteiger partial charge in [-0.25, -0.2) is 4.79 Å². The zero-order valence-corrected chi connectivity index (χ0v) is 16.5. The SMILES string of the molecule is CCOC(=O)CCCC[C@@H](C(=O)OC)C(=O)[C@H](C)NC(=O)OC(C)(C)C. The van der Waals surface area contributed by atoms with Gasteiger partial charge in [-0.15, -0.1) is 0 Å². The van der Waals surface area contributed by atoms with Gasteiger partial charge < -0.3 is 19.5 Å². The Bertz CT molecular complexity index is 496. The van der Waals surface area contributed by atoms with E-state index < -0.39 is 35.4 Å². The molecule has 0 bridgehead atoms. The van der Waals surface area contributed by atoms with Gasteiger partial charge in [0.1, 0.15) is 11.5 Å². The molecule has 0 aliphatic rings. The van der Waals surface area contributed by atoms with Crippen molar-refractivity contribution in [2.75, 3.05) is 13.7 Å². The summed E-state index contributed by atoms with van der Waals surface area (Å²) >= 11 is 0. The maximum absolute atomic E-state index is 12.5. The van der Waals surface area contributed by atoms with Crippen molar-refractivity contribution in [1.29, 1.82) is 0 Å². The quantitative estimate of drug-likeness (QED) is 0.271. The van der Waals surface area contributed by atoms with Crippen molar-refractivity contribution in [2.45, 2.75) is 71.9 Å². The van der Waals surface area contributed by atoms with E-state index >= 15 is 0 Å². The van der Waals surface area contributed by atoms with Gasteiger partial charge >= 0.3 is 18.0 Å². The minimum absolute atomic E-state index is 0.224. The summed E-state index contributed by atoms with van der Waals surface area (Å²) in [6, 6.07) is -0.904. The molecule has 150 valence electrons. The number of hydrogen-bond acceptors (Lipinski definition) is 7. The second kappa shape index (κ2) is 11.5. The fraction of sp³-hybridized carbons (Fsp3) is 0.778. The van der Waals surface area contributed by atoms with Crippen molar-refractivity contribution in [2.24, 2.45) is 5.92 Å². The molecule has 0 heterocycles. The van der Waals surface area contributed by atoms with Crippen LogP contribution in [0.5, 0.6) is 0 Å². The maximum Gasteiger partial charge on any atom is 0.408 e. The van der Waals surface area contributed by atoms with Gasteiger partial charge in [-0.3, -0.25) is 14.4 Å². The fourth-order valence-corrected chi connectivity index (χ4v) is 2.23. The number of nitrogens with one attached hydrogen (secondary N) is 1. The van der Waals surface area contributed by atoms with Gasteiger partial charge in [-0.2, -0.15) is 0 Å². The number of amides is 1. The lowest BCUT2D eigenvalue weighted by atomic mass is 9.93. The second-order valence-corrected chi connectivity index (χ2v) is 6.90. The maximum atomic E-state index is 12.5. The second-order valence-electron chi connectivity index (χ2n) is 6.90. The van der Waals surface area contributed by atoms with Crippen LogP contribution in [0, 0.1) is 5.92 Å². The number of ketones is 1. The summed E-state index contributed by atoms with van der Waals surface area (Å²) in [6.07, 6.45) is 0.688. The molecule has 0 aromatic rings. The van der Waals surface area contributed by atoms with Crippen LogP contribution in [0.2, 0.25) is 0 Å². The van der Waals surface area contributed by atoms with E-state index in [-0.39, 0.29) is 18.8 Å². The summed E-state index contributed by atoms with van der Waals surface area (Å²) in [5.41, 5.74) is -0.693. The van der Waals surface area contributed by atoms with Gasteiger partial charge in [0.25, 0.3) is 0 Å². The third-order valence-electron chi connectivity index (χ3n) is 3.42. The molecule has 0 rings (SSSR count). The van der Waals surface area contributed by atoms with Crippen LogP contribution in [0.4, 0.5) is 4.79 Å². The predicted molar refractivity (Wildman–Crippen MR) is 94.4 cm³/mol. The van der Waals surface area contributed by atoms with E-state index in [1.165, 1.54) is 14.0 Å². The number of Topliss-reactive ketones (excluding diaryl/α,β-unsaturated/α-hetero) is 1. The van der Waals surface area contributed by atoms with E-state index in [9.17, 15) is 19.2 Å². The molecular formula is C18H31NO7. The first-order valence-corrected chi connectivity index (χ1v) is 8.78. The molecule has 0 fully saturated rings. The standard InChI is InChI=1S/C18H31NO7/c1-7-25-14(20)11-9-8-10-13(16(22)24-6)15(21)12(2)19-17(23)26-18(3,4)5/h12-13H,7-11H2,1-6H3,(H,19,23)/t12-,13+/m0/s1. The molecule has 0 aromatic carbocycles. The van der Waals surface area contributed by atoms with Crippen molar-refractivity contribution >= 4 is 23.8 Å². The Balaban J connectivity index is 4.65. The normalized spacial score (nSPS) is 13.3. The molecule has 0 saturated carbocycles. The van der Waals surface area contributed by atoms with Gasteiger partial charge in [0.15, 0.2) is 5.78 Å². The molecule has 0 aromatic heterocycles. The Labute approximate surface area is 154 Å². The molecular weight excluding hydrogens is 342 g/mol. The molecule has 1 amide bonds. The average molecular weight is 373 g/mol. The highest BCUT2D eigenvalue weighted by Crippen LogP contribution is 2.16. The fourth-order valence-electron chi connectivity index (χ4n) is 2.23. The Morgan fingerprint density at radius 3 is 2.19 bits per heavy atom. The molecule has 8 heteroatoms. The summed E-state index contributed by atoms with van der Waals surface area (Å²) in [5.74, 6) is -2.44. The molecule has 1 N–H and O–H groups in total. The summed E-state index contributed by atoms with van der Waals surface area (Å²) < 4.78 is 14.6. The molecule has 0 aliphatic carbocycles. The molecule has 0 spiro atoms. The number of rotatable bonds is 10. The summed E-state index contributed by atoms with van der Waals surface area (Å²) in [5, 5.41) is 2.43. The molecule has 0 unspecified atom stereocenters. The van der Waals surface area contributed by atoms with Crippen molar-refractivity contribution in [3.63, 3.8) is 0 Å². The topological polar surface area (TPSA) is 108 Å². The van der Waals surface area contributed by atoms with Gasteiger partial charge in [0, 0.05) is 6.42 Å². The van der Waals surface area contributed by atoms with Crippen LogP contribution in [0.3, 0.4) is 0 Å². The predicted octanol–water partition coefficient (Wildman–Crippen LogP) is 2.38. The highest BCUT2D eigenvalue weighted by atomic mass is 16.6. The minimum atomic E-state index is -1.01. The van der Waals surface area contributed by atoms with Crippen molar-refractivity contribution in [3.05, 3.63) is 0 Å².